The standard InChI is InChI=1S/C22H25N3O2S/c1-28-20-9-7-18(8-10-20)22(27)25-15-19(16-25)23-11-13-24(14-12-23)21(26)17-5-3-2-4-6-17/h2-10,19H,11-16H2,1H3. The first-order chi connectivity index (χ1) is 13.7. The van der Waals surface area contributed by atoms with Gasteiger partial charge in [0, 0.05) is 61.3 Å². The number of nitrogens with zero attached hydrogens (tertiary/aromatic N) is 3. The van der Waals surface area contributed by atoms with Crippen molar-refractivity contribution in [1.29, 1.82) is 0 Å². The summed E-state index contributed by atoms with van der Waals surface area (Å²) < 4.78 is 0. The van der Waals surface area contributed by atoms with Gasteiger partial charge in [0.15, 0.2) is 0 Å². The highest BCUT2D eigenvalue weighted by atomic mass is 32.2. The molecule has 2 aromatic carbocycles. The lowest BCUT2D eigenvalue weighted by molar-refractivity contribution is 0.00853. The van der Waals surface area contributed by atoms with Gasteiger partial charge in [0.25, 0.3) is 11.8 Å². The molecule has 2 aliphatic heterocycles. The number of thioether (sulfide) groups is 1. The Morgan fingerprint density at radius 2 is 1.36 bits per heavy atom. The summed E-state index contributed by atoms with van der Waals surface area (Å²) in [6.45, 7) is 4.77. The molecule has 2 amide bonds. The van der Waals surface area contributed by atoms with Gasteiger partial charge >= 0.3 is 0 Å². The van der Waals surface area contributed by atoms with Gasteiger partial charge in [0.1, 0.15) is 0 Å². The average molecular weight is 396 g/mol. The highest BCUT2D eigenvalue weighted by Crippen LogP contribution is 2.22. The SMILES string of the molecule is CSc1ccc(C(=O)N2CC(N3CCN(C(=O)c4ccccc4)CC3)C2)cc1. The Hall–Kier alpha value is -2.31. The Balaban J connectivity index is 1.25. The van der Waals surface area contributed by atoms with E-state index >= 15 is 0 Å². The second-order valence-electron chi connectivity index (χ2n) is 7.29. The Bertz CT molecular complexity index is 827. The lowest BCUT2D eigenvalue weighted by Crippen LogP contribution is -2.64. The molecule has 2 fully saturated rings. The van der Waals surface area contributed by atoms with E-state index in [1.807, 2.05) is 70.7 Å². The van der Waals surface area contributed by atoms with Gasteiger partial charge < -0.3 is 9.80 Å². The molecule has 0 saturated carbocycles. The van der Waals surface area contributed by atoms with E-state index in [1.165, 1.54) is 4.90 Å². The van der Waals surface area contributed by atoms with Crippen LogP contribution in [0.3, 0.4) is 0 Å². The minimum Gasteiger partial charge on any atom is -0.336 e. The topological polar surface area (TPSA) is 43.9 Å². The zero-order valence-electron chi connectivity index (χ0n) is 16.1. The number of hydrogen-bond acceptors (Lipinski definition) is 4. The highest BCUT2D eigenvalue weighted by Gasteiger charge is 2.36. The quantitative estimate of drug-likeness (QED) is 0.747. The Morgan fingerprint density at radius 1 is 0.786 bits per heavy atom. The minimum atomic E-state index is 0.111. The third-order valence-corrected chi connectivity index (χ3v) is 6.37. The van der Waals surface area contributed by atoms with Crippen LogP contribution in [0.2, 0.25) is 0 Å². The fraction of sp³-hybridized carbons (Fsp3) is 0.364. The number of amides is 2. The Morgan fingerprint density at radius 3 is 1.96 bits per heavy atom. The molecule has 4 rings (SSSR count). The van der Waals surface area contributed by atoms with Crippen LogP contribution in [0.5, 0.6) is 0 Å². The van der Waals surface area contributed by atoms with Gasteiger partial charge in [-0.3, -0.25) is 14.5 Å². The summed E-state index contributed by atoms with van der Waals surface area (Å²) in [5.74, 6) is 0.223. The van der Waals surface area contributed by atoms with Crippen LogP contribution in [0.25, 0.3) is 0 Å². The Labute approximate surface area is 170 Å². The molecule has 0 aromatic heterocycles. The largest absolute Gasteiger partial charge is 0.336 e. The van der Waals surface area contributed by atoms with Crippen molar-refractivity contribution in [3.8, 4) is 0 Å². The van der Waals surface area contributed by atoms with Crippen LogP contribution in [0.1, 0.15) is 20.7 Å². The fourth-order valence-corrected chi connectivity index (χ4v) is 4.23. The zero-order chi connectivity index (χ0) is 19.5. The molecule has 0 N–H and O–H groups in total. The van der Waals surface area contributed by atoms with Gasteiger partial charge in [-0.15, -0.1) is 11.8 Å². The predicted molar refractivity (Wildman–Crippen MR) is 112 cm³/mol. The lowest BCUT2D eigenvalue weighted by Gasteiger charge is -2.48. The second-order valence-corrected chi connectivity index (χ2v) is 8.17. The molecule has 28 heavy (non-hydrogen) atoms. The van der Waals surface area contributed by atoms with Crippen molar-refractivity contribution < 1.29 is 9.59 Å². The molecule has 6 heteroatoms. The average Bonchev–Trinajstić information content (AvgIpc) is 2.73. The summed E-state index contributed by atoms with van der Waals surface area (Å²) in [5.41, 5.74) is 1.51. The molecular weight excluding hydrogens is 370 g/mol. The number of likely N-dealkylation sites (tertiary alicyclic amines) is 1. The molecule has 0 aliphatic carbocycles. The number of carbonyl (C=O) groups excluding carboxylic acids is 2. The van der Waals surface area contributed by atoms with Crippen molar-refractivity contribution in [2.45, 2.75) is 10.9 Å². The number of hydrogen-bond donors (Lipinski definition) is 0. The van der Waals surface area contributed by atoms with Gasteiger partial charge in [-0.05, 0) is 42.7 Å². The first kappa shape index (κ1) is 19.0. The van der Waals surface area contributed by atoms with E-state index in [1.54, 1.807) is 11.8 Å². The highest BCUT2D eigenvalue weighted by molar-refractivity contribution is 7.98. The van der Waals surface area contributed by atoms with Crippen molar-refractivity contribution >= 4 is 23.6 Å². The summed E-state index contributed by atoms with van der Waals surface area (Å²) in [6.07, 6.45) is 2.03. The summed E-state index contributed by atoms with van der Waals surface area (Å²) in [4.78, 5) is 32.6. The number of carbonyl (C=O) groups is 2. The monoisotopic (exact) mass is 395 g/mol. The van der Waals surface area contributed by atoms with Crippen LogP contribution in [0.15, 0.2) is 59.5 Å². The molecule has 0 atom stereocenters. The third-order valence-electron chi connectivity index (χ3n) is 5.63. The van der Waals surface area contributed by atoms with Crippen molar-refractivity contribution in [2.75, 3.05) is 45.5 Å². The number of rotatable bonds is 4. The third kappa shape index (κ3) is 3.93. The number of benzene rings is 2. The van der Waals surface area contributed by atoms with Crippen LogP contribution in [0, 0.1) is 0 Å². The van der Waals surface area contributed by atoms with E-state index in [2.05, 4.69) is 4.90 Å². The van der Waals surface area contributed by atoms with E-state index in [0.29, 0.717) is 6.04 Å². The normalized spacial score (nSPS) is 18.0. The minimum absolute atomic E-state index is 0.111. The van der Waals surface area contributed by atoms with Crippen LogP contribution < -0.4 is 0 Å². The predicted octanol–water partition coefficient (Wildman–Crippen LogP) is 2.69. The van der Waals surface area contributed by atoms with E-state index in [-0.39, 0.29) is 11.8 Å². The van der Waals surface area contributed by atoms with Crippen molar-refractivity contribution in [2.24, 2.45) is 0 Å². The van der Waals surface area contributed by atoms with Gasteiger partial charge in [-0.1, -0.05) is 18.2 Å². The maximum absolute atomic E-state index is 12.6. The first-order valence-corrected chi connectivity index (χ1v) is 10.9. The summed E-state index contributed by atoms with van der Waals surface area (Å²) in [7, 11) is 0. The molecule has 2 aromatic rings. The maximum atomic E-state index is 12.6. The molecule has 0 bridgehead atoms. The van der Waals surface area contributed by atoms with Crippen LogP contribution >= 0.6 is 11.8 Å². The molecule has 0 unspecified atom stereocenters. The van der Waals surface area contributed by atoms with Crippen LogP contribution in [-0.4, -0.2) is 78.1 Å². The molecule has 0 radical (unpaired) electrons. The zero-order valence-corrected chi connectivity index (χ0v) is 16.9. The molecular formula is C22H25N3O2S. The fourth-order valence-electron chi connectivity index (χ4n) is 3.82. The molecule has 2 saturated heterocycles. The van der Waals surface area contributed by atoms with E-state index in [9.17, 15) is 9.59 Å². The smallest absolute Gasteiger partial charge is 0.253 e. The van der Waals surface area contributed by atoms with Crippen molar-refractivity contribution in [3.63, 3.8) is 0 Å². The van der Waals surface area contributed by atoms with E-state index < -0.39 is 0 Å². The van der Waals surface area contributed by atoms with Crippen molar-refractivity contribution in [3.05, 3.63) is 65.7 Å². The lowest BCUT2D eigenvalue weighted by atomic mass is 10.0. The maximum Gasteiger partial charge on any atom is 0.253 e. The summed E-state index contributed by atoms with van der Waals surface area (Å²) in [6, 6.07) is 17.7. The van der Waals surface area contributed by atoms with Crippen LogP contribution in [-0.2, 0) is 0 Å². The van der Waals surface area contributed by atoms with Gasteiger partial charge in [0.2, 0.25) is 0 Å². The molecule has 2 aliphatic rings. The van der Waals surface area contributed by atoms with E-state index in [4.69, 9.17) is 0 Å². The summed E-state index contributed by atoms with van der Waals surface area (Å²) >= 11 is 1.68. The number of piperazine rings is 1. The van der Waals surface area contributed by atoms with Crippen molar-refractivity contribution in [1.82, 2.24) is 14.7 Å². The van der Waals surface area contributed by atoms with Gasteiger partial charge in [0.05, 0.1) is 0 Å². The molecule has 146 valence electrons. The second kappa shape index (κ2) is 8.37. The molecule has 0 spiro atoms. The van der Waals surface area contributed by atoms with Crippen LogP contribution in [0.4, 0.5) is 0 Å². The Kier molecular flexibility index (Phi) is 5.69. The molecule has 5 nitrogen and oxygen atoms in total. The summed E-state index contributed by atoms with van der Waals surface area (Å²) in [5, 5.41) is 0. The van der Waals surface area contributed by atoms with E-state index in [0.717, 1.165) is 50.4 Å². The van der Waals surface area contributed by atoms with Gasteiger partial charge in [-0.2, -0.15) is 0 Å². The first-order valence-electron chi connectivity index (χ1n) is 9.67. The van der Waals surface area contributed by atoms with Gasteiger partial charge in [-0.25, -0.2) is 0 Å². The molecule has 2 heterocycles.